The molecule has 0 saturated heterocycles. The Morgan fingerprint density at radius 1 is 1.07 bits per heavy atom. The minimum Gasteiger partial charge on any atom is -0.0654 e. The lowest BCUT2D eigenvalue weighted by molar-refractivity contribution is 0.153. The lowest BCUT2D eigenvalue weighted by Gasteiger charge is -2.35. The lowest BCUT2D eigenvalue weighted by atomic mass is 9.70. The minimum absolute atomic E-state index is 0.983. The van der Waals surface area contributed by atoms with E-state index in [-0.39, 0.29) is 0 Å². The molecule has 0 aliphatic heterocycles. The first kappa shape index (κ1) is 12.1. The summed E-state index contributed by atoms with van der Waals surface area (Å²) in [7, 11) is 0. The smallest absolute Gasteiger partial charge is 0.0360 e. The molecule has 0 heterocycles. The summed E-state index contributed by atoms with van der Waals surface area (Å²) in [6, 6.07) is 0. The molecule has 1 aliphatic rings. The summed E-state index contributed by atoms with van der Waals surface area (Å²) in [5, 5.41) is 0. The summed E-state index contributed by atoms with van der Waals surface area (Å²) in [6.45, 7) is 7.16. The molecule has 1 aliphatic carbocycles. The number of hydrogen-bond donors (Lipinski definition) is 0. The van der Waals surface area contributed by atoms with Gasteiger partial charge in [-0.25, -0.2) is 0 Å². The van der Waals surface area contributed by atoms with E-state index >= 15 is 0 Å². The summed E-state index contributed by atoms with van der Waals surface area (Å²) < 4.78 is 0. The molecule has 0 aromatic rings. The summed E-state index contributed by atoms with van der Waals surface area (Å²) in [6.07, 6.45) is 11.7. The van der Waals surface area contributed by atoms with E-state index < -0.39 is 0 Å². The van der Waals surface area contributed by atoms with Crippen LogP contribution in [0.2, 0.25) is 0 Å². The molecule has 0 N–H and O–H groups in total. The van der Waals surface area contributed by atoms with Gasteiger partial charge in [-0.2, -0.15) is 0 Å². The Morgan fingerprint density at radius 3 is 2.43 bits per heavy atom. The molecular weight excluding hydrogens is 168 g/mol. The molecule has 0 spiro atoms. The van der Waals surface area contributed by atoms with Crippen LogP contribution in [0.1, 0.15) is 72.1 Å². The molecule has 0 amide bonds. The zero-order valence-electron chi connectivity index (χ0n) is 10.4. The number of hydrogen-bond acceptors (Lipinski definition) is 0. The molecule has 2 unspecified atom stereocenters. The van der Waals surface area contributed by atoms with Gasteiger partial charge in [-0.05, 0) is 24.2 Å². The van der Waals surface area contributed by atoms with E-state index in [0.717, 1.165) is 17.8 Å². The first-order chi connectivity index (χ1) is 6.79. The predicted octanol–water partition coefficient (Wildman–Crippen LogP) is 5.03. The van der Waals surface area contributed by atoms with E-state index in [2.05, 4.69) is 20.8 Å². The van der Waals surface area contributed by atoms with Crippen molar-refractivity contribution in [3.8, 4) is 0 Å². The van der Waals surface area contributed by atoms with Crippen LogP contribution in [-0.4, -0.2) is 0 Å². The van der Waals surface area contributed by atoms with Crippen LogP contribution >= 0.6 is 0 Å². The topological polar surface area (TPSA) is 0 Å². The highest BCUT2D eigenvalue weighted by Gasteiger charge is 2.27. The van der Waals surface area contributed by atoms with Crippen molar-refractivity contribution in [3.05, 3.63) is 0 Å². The third kappa shape index (κ3) is 3.29. The fourth-order valence-electron chi connectivity index (χ4n) is 3.38. The van der Waals surface area contributed by atoms with Crippen molar-refractivity contribution in [2.45, 2.75) is 72.1 Å². The molecule has 1 rings (SSSR count). The van der Waals surface area contributed by atoms with Crippen LogP contribution in [0, 0.1) is 17.8 Å². The van der Waals surface area contributed by atoms with Gasteiger partial charge in [-0.15, -0.1) is 0 Å². The van der Waals surface area contributed by atoms with Crippen LogP contribution in [0.5, 0.6) is 0 Å². The molecule has 1 saturated carbocycles. The SMILES string of the molecule is CCCC(C)C1CCCC[C@H]1CCC. The van der Waals surface area contributed by atoms with Crippen molar-refractivity contribution < 1.29 is 0 Å². The second-order valence-corrected chi connectivity index (χ2v) is 5.26. The first-order valence-electron chi connectivity index (χ1n) is 6.79. The van der Waals surface area contributed by atoms with Crippen molar-refractivity contribution in [2.24, 2.45) is 17.8 Å². The first-order valence-corrected chi connectivity index (χ1v) is 6.79. The maximum absolute atomic E-state index is 2.49. The minimum atomic E-state index is 0.983. The van der Waals surface area contributed by atoms with Crippen molar-refractivity contribution in [2.75, 3.05) is 0 Å². The monoisotopic (exact) mass is 196 g/mol. The Bertz CT molecular complexity index is 137. The van der Waals surface area contributed by atoms with Gasteiger partial charge < -0.3 is 0 Å². The Morgan fingerprint density at radius 2 is 1.79 bits per heavy atom. The summed E-state index contributed by atoms with van der Waals surface area (Å²) in [5.74, 6) is 3.11. The van der Waals surface area contributed by atoms with E-state index in [4.69, 9.17) is 0 Å². The van der Waals surface area contributed by atoms with E-state index in [9.17, 15) is 0 Å². The van der Waals surface area contributed by atoms with Gasteiger partial charge in [-0.3, -0.25) is 0 Å². The van der Waals surface area contributed by atoms with E-state index in [0.29, 0.717) is 0 Å². The molecule has 0 aromatic heterocycles. The molecule has 84 valence electrons. The van der Waals surface area contributed by atoms with Crippen molar-refractivity contribution >= 4 is 0 Å². The zero-order valence-corrected chi connectivity index (χ0v) is 10.4. The van der Waals surface area contributed by atoms with Crippen LogP contribution in [-0.2, 0) is 0 Å². The Kier molecular flexibility index (Phi) is 5.59. The summed E-state index contributed by atoms with van der Waals surface area (Å²) >= 11 is 0. The molecule has 0 nitrogen and oxygen atoms in total. The molecule has 0 aromatic carbocycles. The Hall–Kier alpha value is 0. The second kappa shape index (κ2) is 6.48. The molecule has 0 heteroatoms. The Labute approximate surface area is 90.5 Å². The van der Waals surface area contributed by atoms with Crippen LogP contribution in [0.4, 0.5) is 0 Å². The quantitative estimate of drug-likeness (QED) is 0.578. The fraction of sp³-hybridized carbons (Fsp3) is 1.00. The third-order valence-electron chi connectivity index (χ3n) is 4.10. The van der Waals surface area contributed by atoms with Crippen molar-refractivity contribution in [1.29, 1.82) is 0 Å². The molecule has 0 bridgehead atoms. The lowest BCUT2D eigenvalue weighted by Crippen LogP contribution is -2.25. The van der Waals surface area contributed by atoms with Gasteiger partial charge in [0.25, 0.3) is 0 Å². The predicted molar refractivity (Wildman–Crippen MR) is 64.4 cm³/mol. The van der Waals surface area contributed by atoms with E-state index in [1.165, 1.54) is 51.4 Å². The molecule has 14 heavy (non-hydrogen) atoms. The van der Waals surface area contributed by atoms with Crippen LogP contribution < -0.4 is 0 Å². The standard InChI is InChI=1S/C14H28/c1-4-8-12(3)14-11-7-6-10-13(14)9-5-2/h12-14H,4-11H2,1-3H3/t12?,13-,14?/m1/s1. The van der Waals surface area contributed by atoms with Gasteiger partial charge in [0, 0.05) is 0 Å². The second-order valence-electron chi connectivity index (χ2n) is 5.26. The van der Waals surface area contributed by atoms with Gasteiger partial charge in [0.05, 0.1) is 0 Å². The molecule has 0 radical (unpaired) electrons. The maximum atomic E-state index is 2.49. The highest BCUT2D eigenvalue weighted by atomic mass is 14.3. The van der Waals surface area contributed by atoms with Gasteiger partial charge in [-0.1, -0.05) is 65.7 Å². The van der Waals surface area contributed by atoms with Crippen LogP contribution in [0.15, 0.2) is 0 Å². The van der Waals surface area contributed by atoms with E-state index in [1.54, 1.807) is 0 Å². The van der Waals surface area contributed by atoms with Gasteiger partial charge in [0.15, 0.2) is 0 Å². The fourth-order valence-corrected chi connectivity index (χ4v) is 3.38. The van der Waals surface area contributed by atoms with Crippen molar-refractivity contribution in [3.63, 3.8) is 0 Å². The van der Waals surface area contributed by atoms with Crippen LogP contribution in [0.25, 0.3) is 0 Å². The van der Waals surface area contributed by atoms with Gasteiger partial charge >= 0.3 is 0 Å². The highest BCUT2D eigenvalue weighted by Crippen LogP contribution is 2.39. The molecule has 1 fully saturated rings. The van der Waals surface area contributed by atoms with Crippen LogP contribution in [0.3, 0.4) is 0 Å². The Balaban J connectivity index is 2.44. The van der Waals surface area contributed by atoms with Crippen molar-refractivity contribution in [1.82, 2.24) is 0 Å². The van der Waals surface area contributed by atoms with Gasteiger partial charge in [0.1, 0.15) is 0 Å². The van der Waals surface area contributed by atoms with Gasteiger partial charge in [0.2, 0.25) is 0 Å². The highest BCUT2D eigenvalue weighted by molar-refractivity contribution is 4.78. The maximum Gasteiger partial charge on any atom is -0.0360 e. The molecule has 3 atom stereocenters. The molecular formula is C14H28. The summed E-state index contributed by atoms with van der Waals surface area (Å²) in [4.78, 5) is 0. The average molecular weight is 196 g/mol. The third-order valence-corrected chi connectivity index (χ3v) is 4.10. The largest absolute Gasteiger partial charge is 0.0654 e. The summed E-state index contributed by atoms with van der Waals surface area (Å²) in [5.41, 5.74) is 0. The zero-order chi connectivity index (χ0) is 10.4. The average Bonchev–Trinajstić information content (AvgIpc) is 2.19. The normalized spacial score (nSPS) is 30.2. The van der Waals surface area contributed by atoms with E-state index in [1.807, 2.05) is 0 Å². The number of rotatable bonds is 5.